The topological polar surface area (TPSA) is 47.5 Å². The number of rotatable bonds is 1. The van der Waals surface area contributed by atoms with Crippen molar-refractivity contribution in [2.24, 2.45) is 0 Å². The van der Waals surface area contributed by atoms with E-state index >= 15 is 0 Å². The number of hydrogen-bond donors (Lipinski definition) is 0. The first-order chi connectivity index (χ1) is 10.3. The van der Waals surface area contributed by atoms with Crippen LogP contribution in [0, 0.1) is 6.92 Å². The molecule has 2 fully saturated rings. The maximum absolute atomic E-state index is 5.90. The van der Waals surface area contributed by atoms with E-state index in [0.717, 1.165) is 63.6 Å². The molecule has 0 saturated carbocycles. The van der Waals surface area contributed by atoms with Gasteiger partial charge in [-0.3, -0.25) is 0 Å². The molecular weight excluding hydrogens is 266 g/mol. The van der Waals surface area contributed by atoms with E-state index in [9.17, 15) is 0 Å². The van der Waals surface area contributed by atoms with Crippen LogP contribution in [0.2, 0.25) is 0 Å². The van der Waals surface area contributed by atoms with Crippen LogP contribution < -0.4 is 4.90 Å². The van der Waals surface area contributed by atoms with Gasteiger partial charge in [-0.05, 0) is 39.0 Å². The van der Waals surface area contributed by atoms with E-state index in [1.165, 1.54) is 24.1 Å². The lowest BCUT2D eigenvalue weighted by Crippen LogP contribution is -2.49. The molecule has 0 unspecified atom stereocenters. The number of ether oxygens (including phenoxy) is 2. The number of piperidine rings is 1. The fourth-order valence-electron chi connectivity index (χ4n) is 3.86. The molecule has 0 radical (unpaired) electrons. The number of anilines is 1. The van der Waals surface area contributed by atoms with Crippen molar-refractivity contribution in [1.29, 1.82) is 0 Å². The van der Waals surface area contributed by atoms with Crippen molar-refractivity contribution in [1.82, 2.24) is 9.97 Å². The van der Waals surface area contributed by atoms with Crippen molar-refractivity contribution in [2.45, 2.75) is 51.2 Å². The van der Waals surface area contributed by atoms with Gasteiger partial charge in [-0.1, -0.05) is 0 Å². The molecule has 0 atom stereocenters. The molecular formula is C16H23N3O2. The van der Waals surface area contributed by atoms with Crippen molar-refractivity contribution in [3.63, 3.8) is 0 Å². The average molecular weight is 289 g/mol. The summed E-state index contributed by atoms with van der Waals surface area (Å²) in [5, 5.41) is 0. The molecule has 5 heteroatoms. The molecule has 0 N–H and O–H groups in total. The molecule has 21 heavy (non-hydrogen) atoms. The molecule has 3 heterocycles. The first-order valence-electron chi connectivity index (χ1n) is 8.15. The third-order valence-corrected chi connectivity index (χ3v) is 4.80. The highest BCUT2D eigenvalue weighted by Gasteiger charge is 2.41. The average Bonchev–Trinajstić information content (AvgIpc) is 2.94. The van der Waals surface area contributed by atoms with Gasteiger partial charge in [-0.25, -0.2) is 9.97 Å². The second kappa shape index (κ2) is 5.21. The Morgan fingerprint density at radius 3 is 2.71 bits per heavy atom. The van der Waals surface area contributed by atoms with Gasteiger partial charge in [0.25, 0.3) is 0 Å². The van der Waals surface area contributed by atoms with E-state index in [1.54, 1.807) is 0 Å². The summed E-state index contributed by atoms with van der Waals surface area (Å²) >= 11 is 0. The normalized spacial score (nSPS) is 24.3. The summed E-state index contributed by atoms with van der Waals surface area (Å²) in [6.07, 6.45) is 6.79. The van der Waals surface area contributed by atoms with Crippen molar-refractivity contribution < 1.29 is 9.47 Å². The van der Waals surface area contributed by atoms with E-state index in [0.29, 0.717) is 0 Å². The lowest BCUT2D eigenvalue weighted by Gasteiger charge is -2.40. The third-order valence-electron chi connectivity index (χ3n) is 4.80. The first-order valence-corrected chi connectivity index (χ1v) is 8.15. The Kier molecular flexibility index (Phi) is 3.34. The lowest BCUT2D eigenvalue weighted by atomic mass is 9.95. The van der Waals surface area contributed by atoms with Gasteiger partial charge in [0.05, 0.1) is 19.8 Å². The molecule has 0 bridgehead atoms. The van der Waals surface area contributed by atoms with Crippen molar-refractivity contribution in [2.75, 3.05) is 31.2 Å². The molecule has 4 rings (SSSR count). The maximum Gasteiger partial charge on any atom is 0.186 e. The van der Waals surface area contributed by atoms with Crippen LogP contribution in [-0.4, -0.2) is 42.1 Å². The zero-order valence-electron chi connectivity index (χ0n) is 12.7. The van der Waals surface area contributed by atoms with Gasteiger partial charge in [-0.15, -0.1) is 0 Å². The van der Waals surface area contributed by atoms with E-state index < -0.39 is 5.79 Å². The van der Waals surface area contributed by atoms with Crippen LogP contribution in [0.4, 0.5) is 5.82 Å². The molecule has 0 amide bonds. The molecule has 1 spiro atoms. The molecule has 114 valence electrons. The van der Waals surface area contributed by atoms with Gasteiger partial charge in [0.15, 0.2) is 5.79 Å². The fourth-order valence-corrected chi connectivity index (χ4v) is 3.86. The largest absolute Gasteiger partial charge is 0.351 e. The molecule has 0 aromatic carbocycles. The minimum atomic E-state index is -0.390. The minimum absolute atomic E-state index is 0.390. The predicted molar refractivity (Wildman–Crippen MR) is 79.5 cm³/mol. The van der Waals surface area contributed by atoms with Crippen LogP contribution in [0.15, 0.2) is 0 Å². The smallest absolute Gasteiger partial charge is 0.186 e. The van der Waals surface area contributed by atoms with Crippen molar-refractivity contribution >= 4 is 5.82 Å². The third kappa shape index (κ3) is 2.42. The molecule has 1 aromatic rings. The quantitative estimate of drug-likeness (QED) is 0.791. The molecule has 2 saturated heterocycles. The summed E-state index contributed by atoms with van der Waals surface area (Å²) in [4.78, 5) is 11.8. The summed E-state index contributed by atoms with van der Waals surface area (Å²) in [6, 6.07) is 0. The molecule has 1 aromatic heterocycles. The Bertz CT molecular complexity index is 541. The van der Waals surface area contributed by atoms with Gasteiger partial charge in [-0.2, -0.15) is 0 Å². The van der Waals surface area contributed by atoms with E-state index in [4.69, 9.17) is 14.5 Å². The fraction of sp³-hybridized carbons (Fsp3) is 0.750. The van der Waals surface area contributed by atoms with Crippen molar-refractivity contribution in [3.05, 3.63) is 17.1 Å². The SMILES string of the molecule is Cc1nc2c(c(N3CCCC4(C3)OCCO4)n1)CCCC2. The Labute approximate surface area is 125 Å². The highest BCUT2D eigenvalue weighted by Crippen LogP contribution is 2.35. The van der Waals surface area contributed by atoms with Crippen LogP contribution in [0.5, 0.6) is 0 Å². The molecule has 1 aliphatic carbocycles. The monoisotopic (exact) mass is 289 g/mol. The highest BCUT2D eigenvalue weighted by molar-refractivity contribution is 5.51. The highest BCUT2D eigenvalue weighted by atomic mass is 16.7. The number of aryl methyl sites for hydroxylation is 2. The predicted octanol–water partition coefficient (Wildman–Crippen LogP) is 2.01. The number of hydrogen-bond acceptors (Lipinski definition) is 5. The molecule has 2 aliphatic heterocycles. The number of fused-ring (bicyclic) bond motifs is 1. The second-order valence-corrected chi connectivity index (χ2v) is 6.36. The number of nitrogens with zero attached hydrogens (tertiary/aromatic N) is 3. The van der Waals surface area contributed by atoms with Crippen LogP contribution in [0.1, 0.15) is 42.8 Å². The first kappa shape index (κ1) is 13.5. The Balaban J connectivity index is 1.67. The molecule has 3 aliphatic rings. The summed E-state index contributed by atoms with van der Waals surface area (Å²) in [5.41, 5.74) is 2.62. The van der Waals surface area contributed by atoms with Crippen LogP contribution in [0.25, 0.3) is 0 Å². The Morgan fingerprint density at radius 1 is 1.05 bits per heavy atom. The summed E-state index contributed by atoms with van der Waals surface area (Å²) in [6.45, 7) is 5.28. The van der Waals surface area contributed by atoms with Crippen LogP contribution >= 0.6 is 0 Å². The van der Waals surface area contributed by atoms with Crippen molar-refractivity contribution in [3.8, 4) is 0 Å². The van der Waals surface area contributed by atoms with Gasteiger partial charge in [0.2, 0.25) is 0 Å². The standard InChI is InChI=1S/C16H23N3O2/c1-12-17-14-6-3-2-5-13(14)15(18-12)19-8-4-7-16(11-19)20-9-10-21-16/h2-11H2,1H3. The lowest BCUT2D eigenvalue weighted by molar-refractivity contribution is -0.161. The van der Waals surface area contributed by atoms with E-state index in [-0.39, 0.29) is 0 Å². The van der Waals surface area contributed by atoms with Gasteiger partial charge < -0.3 is 14.4 Å². The zero-order chi connectivity index (χ0) is 14.3. The Morgan fingerprint density at radius 2 is 1.86 bits per heavy atom. The zero-order valence-corrected chi connectivity index (χ0v) is 12.7. The summed E-state index contributed by atoms with van der Waals surface area (Å²) in [7, 11) is 0. The van der Waals surface area contributed by atoms with Gasteiger partial charge >= 0.3 is 0 Å². The van der Waals surface area contributed by atoms with Gasteiger partial charge in [0.1, 0.15) is 11.6 Å². The van der Waals surface area contributed by atoms with Crippen LogP contribution in [-0.2, 0) is 22.3 Å². The number of aromatic nitrogens is 2. The Hall–Kier alpha value is -1.20. The second-order valence-electron chi connectivity index (χ2n) is 6.36. The van der Waals surface area contributed by atoms with Gasteiger partial charge in [0, 0.05) is 24.2 Å². The summed E-state index contributed by atoms with van der Waals surface area (Å²) in [5.74, 6) is 1.63. The maximum atomic E-state index is 5.90. The van der Waals surface area contributed by atoms with E-state index in [1.807, 2.05) is 6.92 Å². The van der Waals surface area contributed by atoms with E-state index in [2.05, 4.69) is 9.88 Å². The minimum Gasteiger partial charge on any atom is -0.351 e. The van der Waals surface area contributed by atoms with Crippen LogP contribution in [0.3, 0.4) is 0 Å². The molecule has 5 nitrogen and oxygen atoms in total. The summed E-state index contributed by atoms with van der Waals surface area (Å²) < 4.78 is 11.8.